The van der Waals surface area contributed by atoms with Gasteiger partial charge in [0.2, 0.25) is 0 Å². The molecule has 3 heteroatoms. The highest BCUT2D eigenvalue weighted by Gasteiger charge is 2.17. The van der Waals surface area contributed by atoms with Crippen molar-refractivity contribution >= 4 is 9.28 Å². The second-order valence-electron chi connectivity index (χ2n) is 2.98. The molecule has 0 aromatic heterocycles. The summed E-state index contributed by atoms with van der Waals surface area (Å²) in [5.41, 5.74) is 0. The first-order chi connectivity index (χ1) is 4.79. The van der Waals surface area contributed by atoms with Crippen LogP contribution in [0, 0.1) is 0 Å². The van der Waals surface area contributed by atoms with E-state index in [-0.39, 0.29) is 0 Å². The molecule has 60 valence electrons. The average Bonchev–Trinajstić information content (AvgIpc) is 1.88. The van der Waals surface area contributed by atoms with Gasteiger partial charge in [-0.3, -0.25) is 0 Å². The van der Waals surface area contributed by atoms with Gasteiger partial charge in [0.1, 0.15) is 0 Å². The molecule has 0 aliphatic carbocycles. The van der Waals surface area contributed by atoms with Crippen LogP contribution in [0.5, 0.6) is 0 Å². The molecule has 1 aliphatic heterocycles. The molecule has 1 fully saturated rings. The monoisotopic (exact) mass is 160 g/mol. The van der Waals surface area contributed by atoms with E-state index < -0.39 is 9.28 Å². The zero-order chi connectivity index (χ0) is 7.40. The number of rotatable bonds is 2. The van der Waals surface area contributed by atoms with E-state index in [1.807, 2.05) is 0 Å². The van der Waals surface area contributed by atoms with Crippen LogP contribution in [-0.4, -0.2) is 22.0 Å². The van der Waals surface area contributed by atoms with Crippen LogP contribution < -0.4 is 0 Å². The van der Waals surface area contributed by atoms with Crippen molar-refractivity contribution in [2.45, 2.75) is 38.8 Å². The summed E-state index contributed by atoms with van der Waals surface area (Å²) in [5, 5.41) is 0. The van der Waals surface area contributed by atoms with E-state index in [1.165, 1.54) is 18.9 Å². The molecular weight excluding hydrogens is 144 g/mol. The maximum Gasteiger partial charge on any atom is 0.321 e. The summed E-state index contributed by atoms with van der Waals surface area (Å²) in [6.07, 6.45) is 2.89. The smallest absolute Gasteiger partial charge is 0.321 e. The molecule has 0 aromatic rings. The van der Waals surface area contributed by atoms with E-state index >= 15 is 0 Å². The van der Waals surface area contributed by atoms with Crippen LogP contribution in [0.15, 0.2) is 0 Å². The highest BCUT2D eigenvalue weighted by atomic mass is 28.3. The Balaban J connectivity index is 2.13. The Morgan fingerprint density at radius 1 is 1.40 bits per heavy atom. The van der Waals surface area contributed by atoms with Crippen LogP contribution in [0.3, 0.4) is 0 Å². The van der Waals surface area contributed by atoms with Crippen molar-refractivity contribution in [1.82, 2.24) is 0 Å². The first kappa shape index (κ1) is 8.24. The summed E-state index contributed by atoms with van der Waals surface area (Å²) in [6.45, 7) is 5.08. The Morgan fingerprint density at radius 3 is 2.70 bits per heavy atom. The summed E-state index contributed by atoms with van der Waals surface area (Å²) >= 11 is 0. The van der Waals surface area contributed by atoms with Gasteiger partial charge in [0.05, 0.1) is 0 Å². The van der Waals surface area contributed by atoms with Crippen LogP contribution in [-0.2, 0) is 8.85 Å². The standard InChI is InChI=1S/C7H16O2Si/c1-7(2)9-10-6-4-3-5-8-10/h7,10H,3-6H2,1-2H3. The third-order valence-electron chi connectivity index (χ3n) is 1.56. The fourth-order valence-corrected chi connectivity index (χ4v) is 3.16. The lowest BCUT2D eigenvalue weighted by atomic mass is 10.4. The Labute approximate surface area is 64.4 Å². The summed E-state index contributed by atoms with van der Waals surface area (Å²) in [4.78, 5) is 0. The molecule has 1 rings (SSSR count). The molecular formula is C7H16O2Si. The maximum atomic E-state index is 5.61. The Hall–Kier alpha value is 0.137. The average molecular weight is 160 g/mol. The molecule has 1 unspecified atom stereocenters. The second-order valence-corrected chi connectivity index (χ2v) is 5.02. The molecule has 0 saturated carbocycles. The minimum absolute atomic E-state index is 0.356. The fourth-order valence-electron chi connectivity index (χ4n) is 1.12. The predicted octanol–water partition coefficient (Wildman–Crippen LogP) is 1.44. The zero-order valence-electron chi connectivity index (χ0n) is 6.80. The molecule has 0 N–H and O–H groups in total. The molecule has 0 amide bonds. The quantitative estimate of drug-likeness (QED) is 0.569. The molecule has 0 spiro atoms. The topological polar surface area (TPSA) is 18.5 Å². The van der Waals surface area contributed by atoms with E-state index in [4.69, 9.17) is 8.85 Å². The highest BCUT2D eigenvalue weighted by Crippen LogP contribution is 2.12. The van der Waals surface area contributed by atoms with Crippen molar-refractivity contribution in [3.05, 3.63) is 0 Å². The maximum absolute atomic E-state index is 5.61. The van der Waals surface area contributed by atoms with Crippen LogP contribution in [0.1, 0.15) is 26.7 Å². The van der Waals surface area contributed by atoms with Crippen molar-refractivity contribution in [3.8, 4) is 0 Å². The largest absolute Gasteiger partial charge is 0.397 e. The van der Waals surface area contributed by atoms with Crippen LogP contribution in [0.4, 0.5) is 0 Å². The van der Waals surface area contributed by atoms with Crippen molar-refractivity contribution < 1.29 is 8.85 Å². The number of hydrogen-bond acceptors (Lipinski definition) is 2. The lowest BCUT2D eigenvalue weighted by Gasteiger charge is -2.22. The van der Waals surface area contributed by atoms with E-state index in [0.717, 1.165) is 6.61 Å². The molecule has 0 radical (unpaired) electrons. The van der Waals surface area contributed by atoms with Gasteiger partial charge in [-0.1, -0.05) is 0 Å². The Bertz CT molecular complexity index is 89.6. The fraction of sp³-hybridized carbons (Fsp3) is 1.00. The van der Waals surface area contributed by atoms with E-state index in [0.29, 0.717) is 6.10 Å². The molecule has 0 aromatic carbocycles. The molecule has 1 saturated heterocycles. The van der Waals surface area contributed by atoms with Gasteiger partial charge in [-0.05, 0) is 32.7 Å². The van der Waals surface area contributed by atoms with Gasteiger partial charge in [0.25, 0.3) is 0 Å². The SMILES string of the molecule is CC(C)O[SiH]1CCCCO1. The predicted molar refractivity (Wildman–Crippen MR) is 43.4 cm³/mol. The minimum atomic E-state index is -1.18. The molecule has 1 heterocycles. The molecule has 0 bridgehead atoms. The summed E-state index contributed by atoms with van der Waals surface area (Å²) in [6, 6.07) is 1.21. The molecule has 1 atom stereocenters. The van der Waals surface area contributed by atoms with E-state index in [2.05, 4.69) is 13.8 Å². The van der Waals surface area contributed by atoms with Crippen molar-refractivity contribution in [2.75, 3.05) is 6.61 Å². The van der Waals surface area contributed by atoms with Crippen molar-refractivity contribution in [2.24, 2.45) is 0 Å². The van der Waals surface area contributed by atoms with Gasteiger partial charge < -0.3 is 8.85 Å². The van der Waals surface area contributed by atoms with Gasteiger partial charge >= 0.3 is 9.28 Å². The van der Waals surface area contributed by atoms with Gasteiger partial charge in [-0.2, -0.15) is 0 Å². The third-order valence-corrected chi connectivity index (χ3v) is 3.90. The number of hydrogen-bond donors (Lipinski definition) is 0. The van der Waals surface area contributed by atoms with Gasteiger partial charge in [0.15, 0.2) is 0 Å². The van der Waals surface area contributed by atoms with Crippen molar-refractivity contribution in [1.29, 1.82) is 0 Å². The molecule has 1 aliphatic rings. The molecule has 10 heavy (non-hydrogen) atoms. The van der Waals surface area contributed by atoms with Crippen LogP contribution in [0.25, 0.3) is 0 Å². The second kappa shape index (κ2) is 4.11. The lowest BCUT2D eigenvalue weighted by molar-refractivity contribution is 0.143. The normalized spacial score (nSPS) is 27.3. The van der Waals surface area contributed by atoms with Gasteiger partial charge in [0, 0.05) is 12.7 Å². The first-order valence-electron chi connectivity index (χ1n) is 4.06. The van der Waals surface area contributed by atoms with Gasteiger partial charge in [-0.15, -0.1) is 0 Å². The third kappa shape index (κ3) is 2.81. The lowest BCUT2D eigenvalue weighted by Crippen LogP contribution is -2.29. The van der Waals surface area contributed by atoms with E-state index in [1.54, 1.807) is 0 Å². The Kier molecular flexibility index (Phi) is 3.38. The highest BCUT2D eigenvalue weighted by molar-refractivity contribution is 6.44. The summed E-state index contributed by atoms with van der Waals surface area (Å²) in [7, 11) is -1.18. The van der Waals surface area contributed by atoms with Gasteiger partial charge in [-0.25, -0.2) is 0 Å². The van der Waals surface area contributed by atoms with Crippen LogP contribution in [0.2, 0.25) is 6.04 Å². The Morgan fingerprint density at radius 2 is 2.20 bits per heavy atom. The van der Waals surface area contributed by atoms with Crippen molar-refractivity contribution in [3.63, 3.8) is 0 Å². The van der Waals surface area contributed by atoms with Crippen LogP contribution >= 0.6 is 0 Å². The minimum Gasteiger partial charge on any atom is -0.397 e. The zero-order valence-corrected chi connectivity index (χ0v) is 7.95. The first-order valence-corrected chi connectivity index (χ1v) is 5.82. The summed E-state index contributed by atoms with van der Waals surface area (Å²) < 4.78 is 11.1. The van der Waals surface area contributed by atoms with E-state index in [9.17, 15) is 0 Å². The summed E-state index contributed by atoms with van der Waals surface area (Å²) in [5.74, 6) is 0. The molecule has 2 nitrogen and oxygen atoms in total.